The van der Waals surface area contributed by atoms with E-state index in [4.69, 9.17) is 5.11 Å². The van der Waals surface area contributed by atoms with Crippen LogP contribution in [-0.2, 0) is 12.8 Å². The minimum absolute atomic E-state index is 0.0194. The van der Waals surface area contributed by atoms with E-state index in [1.54, 1.807) is 0 Å². The largest absolute Gasteiger partial charge is 0.505 e. The second-order valence-electron chi connectivity index (χ2n) is 5.62. The highest BCUT2D eigenvalue weighted by molar-refractivity contribution is 5.91. The van der Waals surface area contributed by atoms with Crippen molar-refractivity contribution in [1.29, 1.82) is 0 Å². The second-order valence-corrected chi connectivity index (χ2v) is 5.62. The lowest BCUT2D eigenvalue weighted by molar-refractivity contribution is -0.137. The predicted molar refractivity (Wildman–Crippen MR) is 78.1 cm³/mol. The summed E-state index contributed by atoms with van der Waals surface area (Å²) in [5, 5.41) is 23.9. The van der Waals surface area contributed by atoms with Crippen LogP contribution in [0.25, 0.3) is 0 Å². The maximum Gasteiger partial charge on any atom is 0.416 e. The van der Waals surface area contributed by atoms with Crippen LogP contribution in [0.15, 0.2) is 12.1 Å². The Morgan fingerprint density at radius 1 is 1.22 bits per heavy atom. The number of urea groups is 1. The molecular weight excluding hydrogens is 313 g/mol. The van der Waals surface area contributed by atoms with Gasteiger partial charge in [0.05, 0.1) is 17.9 Å². The molecule has 0 heterocycles. The number of anilines is 1. The van der Waals surface area contributed by atoms with E-state index in [-0.39, 0.29) is 17.3 Å². The third-order valence-electron chi connectivity index (χ3n) is 3.88. The maximum absolute atomic E-state index is 12.8. The van der Waals surface area contributed by atoms with Gasteiger partial charge in [-0.2, -0.15) is 13.2 Å². The standard InChI is InChI=1S/C15H19F3N2O3/c16-15(17,18)10-6-9(8-21)13(22)12(7-10)20-14(23)19-11-4-2-1-3-5-11/h6-7,11,21-22H,1-5,8H2,(H2,19,20,23). The van der Waals surface area contributed by atoms with Gasteiger partial charge in [0, 0.05) is 11.6 Å². The Morgan fingerprint density at radius 3 is 2.43 bits per heavy atom. The van der Waals surface area contributed by atoms with Crippen LogP contribution in [0.4, 0.5) is 23.7 Å². The summed E-state index contributed by atoms with van der Waals surface area (Å²) in [5.74, 6) is -0.570. The average Bonchev–Trinajstić information content (AvgIpc) is 2.49. The van der Waals surface area contributed by atoms with Crippen molar-refractivity contribution in [3.63, 3.8) is 0 Å². The number of rotatable bonds is 3. The van der Waals surface area contributed by atoms with Gasteiger partial charge in [0.25, 0.3) is 0 Å². The average molecular weight is 332 g/mol. The third-order valence-corrected chi connectivity index (χ3v) is 3.88. The van der Waals surface area contributed by atoms with E-state index in [0.29, 0.717) is 12.1 Å². The number of aromatic hydroxyl groups is 1. The molecule has 1 fully saturated rings. The molecule has 4 N–H and O–H groups in total. The van der Waals surface area contributed by atoms with Crippen molar-refractivity contribution >= 4 is 11.7 Å². The fourth-order valence-corrected chi connectivity index (χ4v) is 2.66. The number of benzene rings is 1. The van der Waals surface area contributed by atoms with E-state index >= 15 is 0 Å². The van der Waals surface area contributed by atoms with Gasteiger partial charge >= 0.3 is 12.2 Å². The van der Waals surface area contributed by atoms with Gasteiger partial charge in [-0.1, -0.05) is 19.3 Å². The number of phenols is 1. The molecule has 0 spiro atoms. The van der Waals surface area contributed by atoms with Crippen molar-refractivity contribution in [3.8, 4) is 5.75 Å². The second kappa shape index (κ2) is 7.08. The summed E-state index contributed by atoms with van der Waals surface area (Å²) >= 11 is 0. The summed E-state index contributed by atoms with van der Waals surface area (Å²) in [7, 11) is 0. The third kappa shape index (κ3) is 4.51. The number of aliphatic hydroxyl groups excluding tert-OH is 1. The van der Waals surface area contributed by atoms with E-state index in [9.17, 15) is 23.1 Å². The summed E-state index contributed by atoms with van der Waals surface area (Å²) in [6, 6.07) is 0.610. The molecule has 0 atom stereocenters. The fourth-order valence-electron chi connectivity index (χ4n) is 2.66. The van der Waals surface area contributed by atoms with Crippen LogP contribution in [0.5, 0.6) is 5.75 Å². The Kier molecular flexibility index (Phi) is 5.35. The van der Waals surface area contributed by atoms with Gasteiger partial charge in [-0.25, -0.2) is 4.79 Å². The van der Waals surface area contributed by atoms with Gasteiger partial charge < -0.3 is 20.8 Å². The highest BCUT2D eigenvalue weighted by atomic mass is 19.4. The summed E-state index contributed by atoms with van der Waals surface area (Å²) in [5.41, 5.74) is -1.72. The van der Waals surface area contributed by atoms with Crippen LogP contribution >= 0.6 is 0 Å². The minimum atomic E-state index is -4.64. The summed E-state index contributed by atoms with van der Waals surface area (Å²) in [6.45, 7) is -0.769. The Morgan fingerprint density at radius 2 is 1.87 bits per heavy atom. The molecule has 2 amide bonds. The zero-order chi connectivity index (χ0) is 17.0. The molecule has 1 aromatic carbocycles. The van der Waals surface area contributed by atoms with Crippen LogP contribution in [0.1, 0.15) is 43.2 Å². The fraction of sp³-hybridized carbons (Fsp3) is 0.533. The van der Waals surface area contributed by atoms with Crippen molar-refractivity contribution in [1.82, 2.24) is 5.32 Å². The molecule has 0 radical (unpaired) electrons. The summed E-state index contributed by atoms with van der Waals surface area (Å²) in [6.07, 6.45) is 0.0958. The number of hydrogen-bond acceptors (Lipinski definition) is 3. The Bertz CT molecular complexity index is 570. The van der Waals surface area contributed by atoms with E-state index in [2.05, 4.69) is 10.6 Å². The first kappa shape index (κ1) is 17.4. The molecule has 1 aliphatic rings. The summed E-state index contributed by atoms with van der Waals surface area (Å²) < 4.78 is 38.5. The number of halogens is 3. The lowest BCUT2D eigenvalue weighted by Crippen LogP contribution is -2.39. The van der Waals surface area contributed by atoms with Crippen LogP contribution in [0.3, 0.4) is 0 Å². The smallest absolute Gasteiger partial charge is 0.416 e. The summed E-state index contributed by atoms with van der Waals surface area (Å²) in [4.78, 5) is 11.9. The van der Waals surface area contributed by atoms with Crippen LogP contribution in [0.2, 0.25) is 0 Å². The molecule has 2 rings (SSSR count). The normalized spacial score (nSPS) is 16.2. The first-order valence-corrected chi connectivity index (χ1v) is 7.42. The van der Waals surface area contributed by atoms with Gasteiger partial charge in [-0.05, 0) is 25.0 Å². The number of hydrogen-bond donors (Lipinski definition) is 4. The van der Waals surface area contributed by atoms with Gasteiger partial charge in [-0.15, -0.1) is 0 Å². The van der Waals surface area contributed by atoms with E-state index < -0.39 is 30.1 Å². The maximum atomic E-state index is 12.8. The molecule has 0 unspecified atom stereocenters. The van der Waals surface area contributed by atoms with Gasteiger partial charge in [-0.3, -0.25) is 0 Å². The molecule has 1 saturated carbocycles. The quantitative estimate of drug-likeness (QED) is 0.641. The number of nitrogens with one attached hydrogen (secondary N) is 2. The molecule has 1 aromatic rings. The van der Waals surface area contributed by atoms with Crippen molar-refractivity contribution in [2.24, 2.45) is 0 Å². The van der Waals surface area contributed by atoms with E-state index in [0.717, 1.165) is 32.1 Å². The first-order chi connectivity index (χ1) is 10.8. The van der Waals surface area contributed by atoms with Crippen molar-refractivity contribution in [2.45, 2.75) is 50.9 Å². The molecule has 1 aliphatic carbocycles. The molecule has 5 nitrogen and oxygen atoms in total. The Balaban J connectivity index is 2.15. The molecule has 0 aliphatic heterocycles. The zero-order valence-electron chi connectivity index (χ0n) is 12.4. The molecule has 0 saturated heterocycles. The monoisotopic (exact) mass is 332 g/mol. The molecule has 8 heteroatoms. The molecular formula is C15H19F3N2O3. The Labute approximate surface area is 131 Å². The van der Waals surface area contributed by atoms with Crippen molar-refractivity contribution in [2.75, 3.05) is 5.32 Å². The highest BCUT2D eigenvalue weighted by Crippen LogP contribution is 2.37. The lowest BCUT2D eigenvalue weighted by Gasteiger charge is -2.23. The number of carbonyl (C=O) groups excluding carboxylic acids is 1. The minimum Gasteiger partial charge on any atom is -0.505 e. The number of aliphatic hydroxyl groups is 1. The SMILES string of the molecule is O=C(Nc1cc(C(F)(F)F)cc(CO)c1O)NC1CCCCC1. The van der Waals surface area contributed by atoms with Crippen molar-refractivity contribution in [3.05, 3.63) is 23.3 Å². The number of alkyl halides is 3. The van der Waals surface area contributed by atoms with E-state index in [1.165, 1.54) is 0 Å². The van der Waals surface area contributed by atoms with Gasteiger partial charge in [0.1, 0.15) is 5.75 Å². The first-order valence-electron chi connectivity index (χ1n) is 7.42. The van der Waals surface area contributed by atoms with Gasteiger partial charge in [0.2, 0.25) is 0 Å². The number of carbonyl (C=O) groups is 1. The van der Waals surface area contributed by atoms with Crippen LogP contribution < -0.4 is 10.6 Å². The molecule has 0 bridgehead atoms. The molecule has 128 valence electrons. The van der Waals surface area contributed by atoms with Crippen LogP contribution in [-0.4, -0.2) is 22.3 Å². The lowest BCUT2D eigenvalue weighted by atomic mass is 9.96. The van der Waals surface area contributed by atoms with Crippen LogP contribution in [0, 0.1) is 0 Å². The van der Waals surface area contributed by atoms with Crippen molar-refractivity contribution < 1.29 is 28.2 Å². The Hall–Kier alpha value is -1.96. The molecule has 0 aromatic heterocycles. The van der Waals surface area contributed by atoms with E-state index in [1.807, 2.05) is 0 Å². The predicted octanol–water partition coefficient (Wildman–Crippen LogP) is 3.36. The van der Waals surface area contributed by atoms with Gasteiger partial charge in [0.15, 0.2) is 0 Å². The number of amides is 2. The zero-order valence-corrected chi connectivity index (χ0v) is 12.4. The highest BCUT2D eigenvalue weighted by Gasteiger charge is 2.32. The molecule has 23 heavy (non-hydrogen) atoms. The topological polar surface area (TPSA) is 81.6 Å².